The predicted octanol–water partition coefficient (Wildman–Crippen LogP) is -0.534. The van der Waals surface area contributed by atoms with Crippen molar-refractivity contribution in [3.8, 4) is 0 Å². The highest BCUT2D eigenvalue weighted by Crippen LogP contribution is 2.17. The molecule has 0 atom stereocenters. The van der Waals surface area contributed by atoms with Gasteiger partial charge in [0.2, 0.25) is 5.91 Å². The minimum absolute atomic E-state index is 0.104. The summed E-state index contributed by atoms with van der Waals surface area (Å²) in [4.78, 5) is 26.7. The third kappa shape index (κ3) is 2.94. The molecule has 1 fully saturated rings. The molecular formula is C12H18N4O3. The number of nitrogens with zero attached hydrogens (tertiary/aromatic N) is 2. The Morgan fingerprint density at radius 1 is 1.53 bits per heavy atom. The molecule has 0 bridgehead atoms. The lowest BCUT2D eigenvalue weighted by Crippen LogP contribution is -2.47. The fraction of sp³-hybridized carbons (Fsp3) is 0.500. The first-order chi connectivity index (χ1) is 9.01. The number of nitrogens with two attached hydrogens (primary N) is 1. The molecular weight excluding hydrogens is 248 g/mol. The van der Waals surface area contributed by atoms with E-state index in [0.717, 1.165) is 12.1 Å². The van der Waals surface area contributed by atoms with Gasteiger partial charge in [-0.2, -0.15) is 0 Å². The molecule has 2 heterocycles. The summed E-state index contributed by atoms with van der Waals surface area (Å²) in [6, 6.07) is 1.67. The zero-order chi connectivity index (χ0) is 14.0. The Morgan fingerprint density at radius 2 is 2.26 bits per heavy atom. The lowest BCUT2D eigenvalue weighted by atomic mass is 10.2. The van der Waals surface area contributed by atoms with Crippen LogP contribution in [-0.2, 0) is 11.3 Å². The summed E-state index contributed by atoms with van der Waals surface area (Å²) in [5, 5.41) is 0. The lowest BCUT2D eigenvalue weighted by molar-refractivity contribution is -0.134. The summed E-state index contributed by atoms with van der Waals surface area (Å²) < 4.78 is 5.34. The van der Waals surface area contributed by atoms with E-state index >= 15 is 0 Å². The third-order valence-electron chi connectivity index (χ3n) is 3.31. The van der Waals surface area contributed by atoms with Gasteiger partial charge in [-0.25, -0.2) is 5.84 Å². The average molecular weight is 266 g/mol. The third-order valence-corrected chi connectivity index (χ3v) is 3.31. The van der Waals surface area contributed by atoms with Gasteiger partial charge >= 0.3 is 5.91 Å². The van der Waals surface area contributed by atoms with Crippen LogP contribution in [0.3, 0.4) is 0 Å². The van der Waals surface area contributed by atoms with Gasteiger partial charge in [-0.3, -0.25) is 19.9 Å². The number of hydrogen-bond acceptors (Lipinski definition) is 5. The predicted molar refractivity (Wildman–Crippen MR) is 68.0 cm³/mol. The lowest BCUT2D eigenvalue weighted by Gasteiger charge is -2.31. The molecule has 0 spiro atoms. The normalized spacial score (nSPS) is 16.8. The van der Waals surface area contributed by atoms with Crippen LogP contribution in [0.25, 0.3) is 0 Å². The number of aryl methyl sites for hydroxylation is 1. The van der Waals surface area contributed by atoms with E-state index in [1.165, 1.54) is 0 Å². The van der Waals surface area contributed by atoms with E-state index in [4.69, 9.17) is 10.3 Å². The van der Waals surface area contributed by atoms with Gasteiger partial charge < -0.3 is 9.32 Å². The summed E-state index contributed by atoms with van der Waals surface area (Å²) in [6.07, 6.45) is 0. The Labute approximate surface area is 111 Å². The number of nitrogens with one attached hydrogen (secondary N) is 1. The first-order valence-electron chi connectivity index (χ1n) is 6.08. The molecule has 1 saturated heterocycles. The average Bonchev–Trinajstić information content (AvgIpc) is 2.74. The van der Waals surface area contributed by atoms with Crippen molar-refractivity contribution in [2.24, 2.45) is 5.84 Å². The van der Waals surface area contributed by atoms with Crippen LogP contribution in [0.2, 0.25) is 0 Å². The molecule has 0 aromatic carbocycles. The van der Waals surface area contributed by atoms with Crippen molar-refractivity contribution in [2.75, 3.05) is 26.7 Å². The molecule has 1 aliphatic heterocycles. The monoisotopic (exact) mass is 266 g/mol. The van der Waals surface area contributed by atoms with Gasteiger partial charge in [0.1, 0.15) is 5.76 Å². The van der Waals surface area contributed by atoms with Crippen molar-refractivity contribution in [3.63, 3.8) is 0 Å². The summed E-state index contributed by atoms with van der Waals surface area (Å²) in [7, 11) is 1.80. The summed E-state index contributed by atoms with van der Waals surface area (Å²) in [5.41, 5.74) is 2.93. The van der Waals surface area contributed by atoms with E-state index in [9.17, 15) is 9.59 Å². The van der Waals surface area contributed by atoms with Crippen molar-refractivity contribution in [1.29, 1.82) is 0 Å². The second-order valence-electron chi connectivity index (χ2n) is 4.69. The van der Waals surface area contributed by atoms with Gasteiger partial charge in [0.05, 0.1) is 6.54 Å². The molecule has 0 unspecified atom stereocenters. The number of carbonyl (C=O) groups excluding carboxylic acids is 2. The maximum atomic E-state index is 11.6. The largest absolute Gasteiger partial charge is 0.456 e. The van der Waals surface area contributed by atoms with Crippen LogP contribution >= 0.6 is 0 Å². The fourth-order valence-corrected chi connectivity index (χ4v) is 2.04. The van der Waals surface area contributed by atoms with Crippen LogP contribution < -0.4 is 11.3 Å². The SMILES string of the molecule is Cc1oc(C(=O)NN)cc1CN1CCN(C)C(=O)C1. The van der Waals surface area contributed by atoms with Crippen molar-refractivity contribution in [2.45, 2.75) is 13.5 Å². The fourth-order valence-electron chi connectivity index (χ4n) is 2.04. The molecule has 3 N–H and O–H groups in total. The maximum Gasteiger partial charge on any atom is 0.300 e. The number of piperazine rings is 1. The first kappa shape index (κ1) is 13.6. The highest BCUT2D eigenvalue weighted by Gasteiger charge is 2.22. The van der Waals surface area contributed by atoms with Crippen LogP contribution in [0.4, 0.5) is 0 Å². The Balaban J connectivity index is 2.05. The number of rotatable bonds is 3. The number of furan rings is 1. The van der Waals surface area contributed by atoms with Crippen molar-refractivity contribution < 1.29 is 14.0 Å². The number of amides is 2. The number of hydrazine groups is 1. The number of nitrogen functional groups attached to an aromatic ring is 1. The maximum absolute atomic E-state index is 11.6. The number of hydrogen-bond donors (Lipinski definition) is 2. The van der Waals surface area contributed by atoms with Gasteiger partial charge in [-0.15, -0.1) is 0 Å². The zero-order valence-corrected chi connectivity index (χ0v) is 11.1. The van der Waals surface area contributed by atoms with Crippen LogP contribution in [0, 0.1) is 6.92 Å². The standard InChI is InChI=1S/C12H18N4O3/c1-8-9(5-10(19-8)12(18)14-13)6-16-4-3-15(2)11(17)7-16/h5H,3-4,6-7,13H2,1-2H3,(H,14,18). The first-order valence-corrected chi connectivity index (χ1v) is 6.08. The minimum Gasteiger partial charge on any atom is -0.456 e. The molecule has 2 amide bonds. The van der Waals surface area contributed by atoms with E-state index in [0.29, 0.717) is 25.4 Å². The molecule has 104 valence electrons. The highest BCUT2D eigenvalue weighted by atomic mass is 16.4. The molecule has 7 nitrogen and oxygen atoms in total. The molecule has 1 aromatic heterocycles. The van der Waals surface area contributed by atoms with Crippen LogP contribution in [0.5, 0.6) is 0 Å². The molecule has 7 heteroatoms. The van der Waals surface area contributed by atoms with E-state index in [1.54, 1.807) is 24.9 Å². The van der Waals surface area contributed by atoms with Gasteiger partial charge in [-0.05, 0) is 13.0 Å². The molecule has 1 aromatic rings. The molecule has 0 saturated carbocycles. The van der Waals surface area contributed by atoms with Gasteiger partial charge in [-0.1, -0.05) is 0 Å². The Morgan fingerprint density at radius 3 is 2.89 bits per heavy atom. The molecule has 0 aliphatic carbocycles. The Bertz CT molecular complexity index is 497. The van der Waals surface area contributed by atoms with Crippen molar-refractivity contribution in [3.05, 3.63) is 23.2 Å². The molecule has 0 radical (unpaired) electrons. The van der Waals surface area contributed by atoms with E-state index in [1.807, 2.05) is 10.3 Å². The second-order valence-corrected chi connectivity index (χ2v) is 4.69. The van der Waals surface area contributed by atoms with E-state index in [-0.39, 0.29) is 11.7 Å². The van der Waals surface area contributed by atoms with E-state index in [2.05, 4.69) is 0 Å². The van der Waals surface area contributed by atoms with E-state index < -0.39 is 5.91 Å². The summed E-state index contributed by atoms with van der Waals surface area (Å²) in [6.45, 7) is 4.30. The second kappa shape index (κ2) is 5.41. The van der Waals surface area contributed by atoms with Crippen molar-refractivity contribution >= 4 is 11.8 Å². The highest BCUT2D eigenvalue weighted by molar-refractivity contribution is 5.91. The van der Waals surface area contributed by atoms with Crippen molar-refractivity contribution in [1.82, 2.24) is 15.2 Å². The quantitative estimate of drug-likeness (QED) is 0.436. The van der Waals surface area contributed by atoms with Crippen LogP contribution in [0.15, 0.2) is 10.5 Å². The summed E-state index contributed by atoms with van der Waals surface area (Å²) >= 11 is 0. The summed E-state index contributed by atoms with van der Waals surface area (Å²) in [5.74, 6) is 5.57. The molecule has 2 rings (SSSR count). The molecule has 1 aliphatic rings. The van der Waals surface area contributed by atoms with Gasteiger partial charge in [0.25, 0.3) is 0 Å². The number of likely N-dealkylation sites (N-methyl/N-ethyl adjacent to an activating group) is 1. The molecule has 19 heavy (non-hydrogen) atoms. The smallest absolute Gasteiger partial charge is 0.300 e. The Kier molecular flexibility index (Phi) is 3.87. The van der Waals surface area contributed by atoms with Crippen LogP contribution in [0.1, 0.15) is 21.9 Å². The zero-order valence-electron chi connectivity index (χ0n) is 11.1. The number of carbonyl (C=O) groups is 2. The topological polar surface area (TPSA) is 91.8 Å². The van der Waals surface area contributed by atoms with Gasteiger partial charge in [0, 0.05) is 32.2 Å². The van der Waals surface area contributed by atoms with Crippen LogP contribution in [-0.4, -0.2) is 48.3 Å². The Hall–Kier alpha value is -1.86. The minimum atomic E-state index is -0.455. The van der Waals surface area contributed by atoms with Gasteiger partial charge in [0.15, 0.2) is 5.76 Å².